The second-order valence-electron chi connectivity index (χ2n) is 4.62. The Hall–Kier alpha value is -1.73. The lowest BCUT2D eigenvalue weighted by Gasteiger charge is -2.12. The van der Waals surface area contributed by atoms with E-state index in [1.54, 1.807) is 17.8 Å². The largest absolute Gasteiger partial charge is 0.416 e. The fourth-order valence-electron chi connectivity index (χ4n) is 1.80. The fraction of sp³-hybridized carbons (Fsp3) is 0.188. The maximum atomic E-state index is 12.6. The first kappa shape index (κ1) is 17.6. The monoisotopic (exact) mass is 356 g/mol. The number of hydrogen-bond acceptors (Lipinski definition) is 2. The highest BCUT2D eigenvalue weighted by molar-refractivity contribution is 7.99. The number of hydrogen-bond donors (Lipinski definition) is 2. The lowest BCUT2D eigenvalue weighted by molar-refractivity contribution is -0.137. The zero-order chi connectivity index (χ0) is 16.7. The van der Waals surface area contributed by atoms with Gasteiger partial charge in [0.2, 0.25) is 0 Å². The summed E-state index contributed by atoms with van der Waals surface area (Å²) in [6, 6.07) is 14.9. The van der Waals surface area contributed by atoms with Gasteiger partial charge in [0.05, 0.1) is 5.56 Å². The standard InChI is InChI=1S/C16H15F3N2S2/c17-16(18,19)12-5-4-6-13(11-12)21-15(22)20-9-10-23-14-7-2-1-3-8-14/h1-8,11H,9-10H2,(H2,20,21,22). The molecule has 0 aliphatic rings. The zero-order valence-corrected chi connectivity index (χ0v) is 13.7. The van der Waals surface area contributed by atoms with Crippen LogP contribution >= 0.6 is 24.0 Å². The van der Waals surface area contributed by atoms with E-state index in [1.165, 1.54) is 6.07 Å². The molecule has 0 radical (unpaired) electrons. The van der Waals surface area contributed by atoms with E-state index in [-0.39, 0.29) is 0 Å². The first-order valence-electron chi connectivity index (χ1n) is 6.85. The van der Waals surface area contributed by atoms with Crippen LogP contribution in [-0.2, 0) is 6.18 Å². The van der Waals surface area contributed by atoms with Gasteiger partial charge in [-0.2, -0.15) is 13.2 Å². The molecule has 122 valence electrons. The number of halogens is 3. The van der Waals surface area contributed by atoms with E-state index in [4.69, 9.17) is 12.2 Å². The molecule has 2 rings (SSSR count). The van der Waals surface area contributed by atoms with Crippen LogP contribution in [0.2, 0.25) is 0 Å². The van der Waals surface area contributed by atoms with Crippen molar-refractivity contribution in [2.24, 2.45) is 0 Å². The Balaban J connectivity index is 1.77. The normalized spacial score (nSPS) is 11.1. The average Bonchev–Trinajstić information content (AvgIpc) is 2.52. The summed E-state index contributed by atoms with van der Waals surface area (Å²) in [5.74, 6) is 0.800. The third-order valence-corrected chi connectivity index (χ3v) is 4.11. The van der Waals surface area contributed by atoms with Crippen LogP contribution in [0.15, 0.2) is 59.5 Å². The Morgan fingerprint density at radius 2 is 1.78 bits per heavy atom. The van der Waals surface area contributed by atoms with Crippen molar-refractivity contribution in [2.75, 3.05) is 17.6 Å². The van der Waals surface area contributed by atoms with E-state index < -0.39 is 11.7 Å². The Labute approximate surface area is 142 Å². The first-order chi connectivity index (χ1) is 10.9. The van der Waals surface area contributed by atoms with Crippen molar-refractivity contribution < 1.29 is 13.2 Å². The topological polar surface area (TPSA) is 24.1 Å². The molecule has 0 amide bonds. The molecule has 2 nitrogen and oxygen atoms in total. The number of anilines is 1. The fourth-order valence-corrected chi connectivity index (χ4v) is 2.81. The van der Waals surface area contributed by atoms with E-state index in [2.05, 4.69) is 10.6 Å². The summed E-state index contributed by atoms with van der Waals surface area (Å²) < 4.78 is 37.9. The van der Waals surface area contributed by atoms with Crippen molar-refractivity contribution in [1.29, 1.82) is 0 Å². The second kappa shape index (κ2) is 8.21. The van der Waals surface area contributed by atoms with Crippen LogP contribution < -0.4 is 10.6 Å². The van der Waals surface area contributed by atoms with E-state index in [0.717, 1.165) is 22.8 Å². The summed E-state index contributed by atoms with van der Waals surface area (Å²) in [5, 5.41) is 6.05. The molecule has 0 unspecified atom stereocenters. The van der Waals surface area contributed by atoms with E-state index in [9.17, 15) is 13.2 Å². The lowest BCUT2D eigenvalue weighted by Crippen LogP contribution is -2.30. The molecule has 0 atom stereocenters. The molecular formula is C16H15F3N2S2. The van der Waals surface area contributed by atoms with Crippen molar-refractivity contribution >= 4 is 34.8 Å². The molecule has 0 aliphatic carbocycles. The summed E-state index contributed by atoms with van der Waals surface area (Å²) in [6.07, 6.45) is -4.36. The van der Waals surface area contributed by atoms with Gasteiger partial charge in [-0.05, 0) is 42.5 Å². The Morgan fingerprint density at radius 3 is 2.48 bits per heavy atom. The number of rotatable bonds is 5. The first-order valence-corrected chi connectivity index (χ1v) is 8.24. The molecule has 2 aromatic carbocycles. The van der Waals surface area contributed by atoms with Gasteiger partial charge in [-0.1, -0.05) is 24.3 Å². The summed E-state index contributed by atoms with van der Waals surface area (Å²) in [7, 11) is 0. The SMILES string of the molecule is FC(F)(F)c1cccc(NC(=S)NCCSc2ccccc2)c1. The minimum absolute atomic E-state index is 0.304. The van der Waals surface area contributed by atoms with E-state index in [0.29, 0.717) is 17.3 Å². The van der Waals surface area contributed by atoms with Crippen LogP contribution in [0, 0.1) is 0 Å². The Kier molecular flexibility index (Phi) is 6.29. The van der Waals surface area contributed by atoms with Crippen LogP contribution in [0.25, 0.3) is 0 Å². The molecule has 0 saturated carbocycles. The molecule has 0 bridgehead atoms. The highest BCUT2D eigenvalue weighted by Crippen LogP contribution is 2.30. The minimum Gasteiger partial charge on any atom is -0.362 e. The van der Waals surface area contributed by atoms with Crippen molar-refractivity contribution in [3.8, 4) is 0 Å². The number of benzene rings is 2. The molecule has 0 spiro atoms. The molecule has 2 aromatic rings. The lowest BCUT2D eigenvalue weighted by atomic mass is 10.2. The summed E-state index contributed by atoms with van der Waals surface area (Å²) >= 11 is 6.77. The number of thiocarbonyl (C=S) groups is 1. The van der Waals surface area contributed by atoms with Crippen LogP contribution in [-0.4, -0.2) is 17.4 Å². The van der Waals surface area contributed by atoms with Crippen LogP contribution in [0.3, 0.4) is 0 Å². The minimum atomic E-state index is -4.36. The van der Waals surface area contributed by atoms with Crippen molar-refractivity contribution in [2.45, 2.75) is 11.1 Å². The molecule has 7 heteroatoms. The van der Waals surface area contributed by atoms with Gasteiger partial charge >= 0.3 is 6.18 Å². The van der Waals surface area contributed by atoms with Gasteiger partial charge in [-0.3, -0.25) is 0 Å². The van der Waals surface area contributed by atoms with Crippen molar-refractivity contribution in [3.05, 3.63) is 60.2 Å². The maximum Gasteiger partial charge on any atom is 0.416 e. The number of thioether (sulfide) groups is 1. The molecule has 23 heavy (non-hydrogen) atoms. The number of nitrogens with one attached hydrogen (secondary N) is 2. The van der Waals surface area contributed by atoms with Crippen molar-refractivity contribution in [3.63, 3.8) is 0 Å². The van der Waals surface area contributed by atoms with Crippen LogP contribution in [0.1, 0.15) is 5.56 Å². The smallest absolute Gasteiger partial charge is 0.362 e. The van der Waals surface area contributed by atoms with Crippen molar-refractivity contribution in [1.82, 2.24) is 5.32 Å². The maximum absolute atomic E-state index is 12.6. The third-order valence-electron chi connectivity index (χ3n) is 2.85. The van der Waals surface area contributed by atoms with E-state index >= 15 is 0 Å². The molecular weight excluding hydrogens is 341 g/mol. The molecule has 0 aromatic heterocycles. The van der Waals surface area contributed by atoms with Gasteiger partial charge in [-0.25, -0.2) is 0 Å². The highest BCUT2D eigenvalue weighted by atomic mass is 32.2. The predicted molar refractivity (Wildman–Crippen MR) is 92.8 cm³/mol. The molecule has 2 N–H and O–H groups in total. The van der Waals surface area contributed by atoms with Gasteiger partial charge in [-0.15, -0.1) is 11.8 Å². The van der Waals surface area contributed by atoms with Gasteiger partial charge < -0.3 is 10.6 Å². The van der Waals surface area contributed by atoms with Gasteiger partial charge in [0, 0.05) is 22.9 Å². The van der Waals surface area contributed by atoms with Gasteiger partial charge in [0.25, 0.3) is 0 Å². The molecule has 0 saturated heterocycles. The average molecular weight is 356 g/mol. The second-order valence-corrected chi connectivity index (χ2v) is 6.20. The molecule has 0 aliphatic heterocycles. The summed E-state index contributed by atoms with van der Waals surface area (Å²) in [6.45, 7) is 0.615. The van der Waals surface area contributed by atoms with Crippen LogP contribution in [0.4, 0.5) is 18.9 Å². The molecule has 0 heterocycles. The Morgan fingerprint density at radius 1 is 1.04 bits per heavy atom. The molecule has 0 fully saturated rings. The van der Waals surface area contributed by atoms with E-state index in [1.807, 2.05) is 30.3 Å². The van der Waals surface area contributed by atoms with Crippen LogP contribution in [0.5, 0.6) is 0 Å². The summed E-state index contributed by atoms with van der Waals surface area (Å²) in [5.41, 5.74) is -0.391. The highest BCUT2D eigenvalue weighted by Gasteiger charge is 2.30. The number of alkyl halides is 3. The quantitative estimate of drug-likeness (QED) is 0.457. The Bertz CT molecular complexity index is 645. The van der Waals surface area contributed by atoms with Gasteiger partial charge in [0.1, 0.15) is 0 Å². The zero-order valence-electron chi connectivity index (χ0n) is 12.1. The predicted octanol–water partition coefficient (Wildman–Crippen LogP) is 4.78. The van der Waals surface area contributed by atoms with Gasteiger partial charge in [0.15, 0.2) is 5.11 Å². The summed E-state index contributed by atoms with van der Waals surface area (Å²) in [4.78, 5) is 1.16. The third kappa shape index (κ3) is 6.11.